The first kappa shape index (κ1) is 11.8. The van der Waals surface area contributed by atoms with Crippen LogP contribution >= 0.6 is 0 Å². The van der Waals surface area contributed by atoms with Gasteiger partial charge in [0.15, 0.2) is 11.5 Å². The van der Waals surface area contributed by atoms with E-state index in [9.17, 15) is 4.79 Å². The molecule has 0 saturated carbocycles. The zero-order valence-corrected chi connectivity index (χ0v) is 10.2. The first-order valence-corrected chi connectivity index (χ1v) is 5.71. The van der Waals surface area contributed by atoms with Crippen LogP contribution in [0.1, 0.15) is 20.8 Å². The molecule has 4 heteroatoms. The Morgan fingerprint density at radius 1 is 1.24 bits per heavy atom. The molecule has 0 saturated heterocycles. The zero-order chi connectivity index (χ0) is 12.4. The van der Waals surface area contributed by atoms with Crippen LogP contribution in [0.2, 0.25) is 0 Å². The molecular weight excluding hydrogens is 220 g/mol. The molecule has 0 aromatic heterocycles. The Morgan fingerprint density at radius 3 is 2.41 bits per heavy atom. The van der Waals surface area contributed by atoms with Crippen LogP contribution in [-0.2, 0) is 9.53 Å². The Labute approximate surface area is 100 Å². The number of para-hydroxylation sites is 2. The van der Waals surface area contributed by atoms with E-state index in [4.69, 9.17) is 14.2 Å². The summed E-state index contributed by atoms with van der Waals surface area (Å²) in [4.78, 5) is 11.8. The third-order valence-electron chi connectivity index (χ3n) is 2.43. The van der Waals surface area contributed by atoms with Gasteiger partial charge in [0, 0.05) is 0 Å². The van der Waals surface area contributed by atoms with E-state index in [1.807, 2.05) is 18.2 Å². The SMILES string of the molecule is CC(C)OC(=O)C1Oc2ccccc2OC1C. The zero-order valence-electron chi connectivity index (χ0n) is 10.2. The van der Waals surface area contributed by atoms with Crippen LogP contribution in [0.25, 0.3) is 0 Å². The highest BCUT2D eigenvalue weighted by Gasteiger charge is 2.35. The third-order valence-corrected chi connectivity index (χ3v) is 2.43. The van der Waals surface area contributed by atoms with E-state index in [1.165, 1.54) is 0 Å². The molecule has 17 heavy (non-hydrogen) atoms. The first-order valence-electron chi connectivity index (χ1n) is 5.71. The van der Waals surface area contributed by atoms with E-state index in [0.717, 1.165) is 0 Å². The van der Waals surface area contributed by atoms with Crippen molar-refractivity contribution < 1.29 is 19.0 Å². The number of fused-ring (bicyclic) bond motifs is 1. The van der Waals surface area contributed by atoms with Crippen molar-refractivity contribution in [1.82, 2.24) is 0 Å². The topological polar surface area (TPSA) is 44.8 Å². The Hall–Kier alpha value is -1.71. The molecule has 1 aromatic carbocycles. The maximum absolute atomic E-state index is 11.8. The molecule has 0 fully saturated rings. The molecule has 0 amide bonds. The molecule has 2 atom stereocenters. The summed E-state index contributed by atoms with van der Waals surface area (Å²) in [6.45, 7) is 5.41. The number of ether oxygens (including phenoxy) is 3. The number of benzene rings is 1. The second kappa shape index (κ2) is 4.65. The molecular formula is C13H16O4. The largest absolute Gasteiger partial charge is 0.482 e. The fourth-order valence-electron chi connectivity index (χ4n) is 1.68. The quantitative estimate of drug-likeness (QED) is 0.738. The lowest BCUT2D eigenvalue weighted by Crippen LogP contribution is -2.45. The molecule has 0 radical (unpaired) electrons. The van der Waals surface area contributed by atoms with Crippen LogP contribution in [0.15, 0.2) is 24.3 Å². The van der Waals surface area contributed by atoms with E-state index in [2.05, 4.69) is 0 Å². The van der Waals surface area contributed by atoms with Crippen molar-refractivity contribution in [3.63, 3.8) is 0 Å². The summed E-state index contributed by atoms with van der Waals surface area (Å²) in [7, 11) is 0. The van der Waals surface area contributed by atoms with Gasteiger partial charge in [-0.1, -0.05) is 12.1 Å². The van der Waals surface area contributed by atoms with Gasteiger partial charge >= 0.3 is 5.97 Å². The predicted molar refractivity (Wildman–Crippen MR) is 62.2 cm³/mol. The monoisotopic (exact) mass is 236 g/mol. The lowest BCUT2D eigenvalue weighted by molar-refractivity contribution is -0.161. The molecule has 1 aromatic rings. The highest BCUT2D eigenvalue weighted by Crippen LogP contribution is 2.33. The van der Waals surface area contributed by atoms with Crippen molar-refractivity contribution in [3.8, 4) is 11.5 Å². The normalized spacial score (nSPS) is 22.4. The highest BCUT2D eigenvalue weighted by molar-refractivity contribution is 5.76. The van der Waals surface area contributed by atoms with Crippen molar-refractivity contribution in [1.29, 1.82) is 0 Å². The molecule has 4 nitrogen and oxygen atoms in total. The van der Waals surface area contributed by atoms with Gasteiger partial charge in [0.05, 0.1) is 6.10 Å². The fourth-order valence-corrected chi connectivity index (χ4v) is 1.68. The minimum absolute atomic E-state index is 0.157. The minimum atomic E-state index is -0.702. The second-order valence-electron chi connectivity index (χ2n) is 4.29. The third kappa shape index (κ3) is 2.52. The van der Waals surface area contributed by atoms with E-state index < -0.39 is 6.10 Å². The number of hydrogen-bond donors (Lipinski definition) is 0. The molecule has 0 spiro atoms. The van der Waals surface area contributed by atoms with Crippen molar-refractivity contribution in [2.24, 2.45) is 0 Å². The number of carbonyl (C=O) groups excluding carboxylic acids is 1. The Kier molecular flexibility index (Phi) is 3.22. The molecule has 0 N–H and O–H groups in total. The summed E-state index contributed by atoms with van der Waals surface area (Å²) >= 11 is 0. The van der Waals surface area contributed by atoms with Crippen LogP contribution in [0.5, 0.6) is 11.5 Å². The van der Waals surface area contributed by atoms with Crippen LogP contribution < -0.4 is 9.47 Å². The maximum Gasteiger partial charge on any atom is 0.351 e. The van der Waals surface area contributed by atoms with Gasteiger partial charge in [-0.15, -0.1) is 0 Å². The van der Waals surface area contributed by atoms with Crippen LogP contribution in [-0.4, -0.2) is 24.3 Å². The predicted octanol–water partition coefficient (Wildman–Crippen LogP) is 2.17. The Balaban J connectivity index is 2.14. The van der Waals surface area contributed by atoms with Gasteiger partial charge in [-0.3, -0.25) is 0 Å². The second-order valence-corrected chi connectivity index (χ2v) is 4.29. The highest BCUT2D eigenvalue weighted by atomic mass is 16.6. The lowest BCUT2D eigenvalue weighted by atomic mass is 10.2. The van der Waals surface area contributed by atoms with E-state index in [-0.39, 0.29) is 18.2 Å². The number of hydrogen-bond acceptors (Lipinski definition) is 4. The van der Waals surface area contributed by atoms with E-state index in [0.29, 0.717) is 11.5 Å². The Bertz CT molecular complexity index is 414. The summed E-state index contributed by atoms with van der Waals surface area (Å²) in [6.07, 6.45) is -1.21. The molecule has 2 rings (SSSR count). The van der Waals surface area contributed by atoms with Gasteiger partial charge in [-0.2, -0.15) is 0 Å². The minimum Gasteiger partial charge on any atom is -0.482 e. The lowest BCUT2D eigenvalue weighted by Gasteiger charge is -2.30. The van der Waals surface area contributed by atoms with Gasteiger partial charge in [-0.25, -0.2) is 4.79 Å². The fraction of sp³-hybridized carbons (Fsp3) is 0.462. The number of esters is 1. The van der Waals surface area contributed by atoms with Gasteiger partial charge in [-0.05, 0) is 32.9 Å². The number of carbonyl (C=O) groups is 1. The van der Waals surface area contributed by atoms with Gasteiger partial charge in [0.1, 0.15) is 6.10 Å². The van der Waals surface area contributed by atoms with Crippen molar-refractivity contribution in [2.45, 2.75) is 39.1 Å². The standard InChI is InChI=1S/C13H16O4/c1-8(2)15-13(14)12-9(3)16-10-6-4-5-7-11(10)17-12/h4-9,12H,1-3H3. The summed E-state index contributed by atoms with van der Waals surface area (Å²) in [6, 6.07) is 7.29. The van der Waals surface area contributed by atoms with Gasteiger partial charge in [0.2, 0.25) is 6.10 Å². The number of rotatable bonds is 2. The van der Waals surface area contributed by atoms with Crippen molar-refractivity contribution in [3.05, 3.63) is 24.3 Å². The van der Waals surface area contributed by atoms with Crippen LogP contribution in [0, 0.1) is 0 Å². The average molecular weight is 236 g/mol. The van der Waals surface area contributed by atoms with E-state index >= 15 is 0 Å². The molecule has 1 aliphatic heterocycles. The molecule has 0 bridgehead atoms. The van der Waals surface area contributed by atoms with Crippen LogP contribution in [0.3, 0.4) is 0 Å². The van der Waals surface area contributed by atoms with Gasteiger partial charge < -0.3 is 14.2 Å². The first-order chi connectivity index (χ1) is 8.08. The molecule has 1 heterocycles. The summed E-state index contributed by atoms with van der Waals surface area (Å²) in [5, 5.41) is 0. The molecule has 92 valence electrons. The van der Waals surface area contributed by atoms with E-state index in [1.54, 1.807) is 26.8 Å². The maximum atomic E-state index is 11.8. The Morgan fingerprint density at radius 2 is 1.82 bits per heavy atom. The summed E-state index contributed by atoms with van der Waals surface area (Å²) in [5.41, 5.74) is 0. The van der Waals surface area contributed by atoms with Crippen LogP contribution in [0.4, 0.5) is 0 Å². The summed E-state index contributed by atoms with van der Waals surface area (Å²) in [5.74, 6) is 0.854. The van der Waals surface area contributed by atoms with Crippen molar-refractivity contribution >= 4 is 5.97 Å². The average Bonchev–Trinajstić information content (AvgIpc) is 2.27. The van der Waals surface area contributed by atoms with Crippen molar-refractivity contribution in [2.75, 3.05) is 0 Å². The molecule has 0 aliphatic carbocycles. The molecule has 2 unspecified atom stereocenters. The summed E-state index contributed by atoms with van der Waals surface area (Å²) < 4.78 is 16.4. The van der Waals surface area contributed by atoms with Gasteiger partial charge in [0.25, 0.3) is 0 Å². The molecule has 1 aliphatic rings. The smallest absolute Gasteiger partial charge is 0.351 e.